The molecule has 2 unspecified atom stereocenters. The highest BCUT2D eigenvalue weighted by Gasteiger charge is 2.38. The van der Waals surface area contributed by atoms with Crippen molar-refractivity contribution >= 4 is 28.9 Å². The number of hydrogen-bond donors (Lipinski definition) is 1. The quantitative estimate of drug-likeness (QED) is 0.855. The minimum atomic E-state index is -0.771. The molecular formula is C18H20ClNO3S. The smallest absolute Gasteiger partial charge is 0.320 e. The highest BCUT2D eigenvalue weighted by molar-refractivity contribution is 7.10. The fourth-order valence-corrected chi connectivity index (χ4v) is 4.66. The van der Waals surface area contributed by atoms with Crippen molar-refractivity contribution in [1.82, 2.24) is 4.90 Å². The summed E-state index contributed by atoms with van der Waals surface area (Å²) in [5.41, 5.74) is 2.08. The van der Waals surface area contributed by atoms with Crippen molar-refractivity contribution < 1.29 is 14.6 Å². The number of halogens is 1. The minimum absolute atomic E-state index is 0.165. The van der Waals surface area contributed by atoms with Gasteiger partial charge in [-0.1, -0.05) is 11.6 Å². The van der Waals surface area contributed by atoms with Gasteiger partial charge in [-0.2, -0.15) is 0 Å². The van der Waals surface area contributed by atoms with Crippen LogP contribution in [-0.2, 0) is 4.79 Å². The molecule has 0 saturated carbocycles. The summed E-state index contributed by atoms with van der Waals surface area (Å²) in [4.78, 5) is 14.9. The van der Waals surface area contributed by atoms with Crippen molar-refractivity contribution in [3.05, 3.63) is 50.7 Å². The summed E-state index contributed by atoms with van der Waals surface area (Å²) in [6.45, 7) is 2.80. The van der Waals surface area contributed by atoms with Gasteiger partial charge < -0.3 is 9.84 Å². The van der Waals surface area contributed by atoms with Crippen LogP contribution in [0.3, 0.4) is 0 Å². The Morgan fingerprint density at radius 2 is 2.25 bits per heavy atom. The van der Waals surface area contributed by atoms with E-state index in [4.69, 9.17) is 16.3 Å². The third kappa shape index (κ3) is 3.16. The minimum Gasteiger partial charge on any atom is -0.496 e. The summed E-state index contributed by atoms with van der Waals surface area (Å²) in [6, 6.07) is 6.94. The van der Waals surface area contributed by atoms with Gasteiger partial charge in [0.1, 0.15) is 11.8 Å². The molecule has 0 spiro atoms. The van der Waals surface area contributed by atoms with Gasteiger partial charge in [0, 0.05) is 22.0 Å². The number of nitrogens with zero attached hydrogens (tertiary/aromatic N) is 1. The van der Waals surface area contributed by atoms with E-state index in [-0.39, 0.29) is 6.04 Å². The zero-order valence-electron chi connectivity index (χ0n) is 13.7. The van der Waals surface area contributed by atoms with Crippen LogP contribution in [0.1, 0.15) is 34.9 Å². The number of ether oxygens (including phenoxy) is 1. The van der Waals surface area contributed by atoms with Crippen LogP contribution in [0.2, 0.25) is 5.02 Å². The molecule has 2 heterocycles. The van der Waals surface area contributed by atoms with Crippen molar-refractivity contribution in [2.45, 2.75) is 31.8 Å². The standard InChI is InChI=1S/C18H20ClNO3S/c1-11-7-9-24-17(11)16(20-8-3-4-14(20)18(21)22)13-10-12(19)5-6-15(13)23-2/h5-7,9-10,14,16H,3-4,8H2,1-2H3,(H,21,22). The Balaban J connectivity index is 2.15. The number of carbonyl (C=O) groups is 1. The molecule has 1 aliphatic heterocycles. The topological polar surface area (TPSA) is 49.8 Å². The van der Waals surface area contributed by atoms with Gasteiger partial charge in [0.25, 0.3) is 0 Å². The highest BCUT2D eigenvalue weighted by Crippen LogP contribution is 2.42. The number of hydrogen-bond acceptors (Lipinski definition) is 4. The Hall–Kier alpha value is -1.56. The normalized spacial score (nSPS) is 19.4. The number of aryl methyl sites for hydroxylation is 1. The van der Waals surface area contributed by atoms with Gasteiger partial charge in [0.15, 0.2) is 0 Å². The van der Waals surface area contributed by atoms with Crippen LogP contribution in [0.5, 0.6) is 5.75 Å². The fraction of sp³-hybridized carbons (Fsp3) is 0.389. The molecule has 2 aromatic rings. The molecule has 1 saturated heterocycles. The van der Waals surface area contributed by atoms with E-state index in [1.54, 1.807) is 24.5 Å². The van der Waals surface area contributed by atoms with E-state index >= 15 is 0 Å². The second-order valence-corrected chi connectivity index (χ2v) is 7.37. The zero-order valence-corrected chi connectivity index (χ0v) is 15.2. The number of methoxy groups -OCH3 is 1. The van der Waals surface area contributed by atoms with Crippen molar-refractivity contribution in [2.75, 3.05) is 13.7 Å². The number of likely N-dealkylation sites (tertiary alicyclic amines) is 1. The summed E-state index contributed by atoms with van der Waals surface area (Å²) in [5.74, 6) is -0.0408. The number of rotatable bonds is 5. The predicted octanol–water partition coefficient (Wildman–Crippen LogP) is 4.36. The van der Waals surface area contributed by atoms with Crippen LogP contribution >= 0.6 is 22.9 Å². The third-order valence-electron chi connectivity index (χ3n) is 4.55. The van der Waals surface area contributed by atoms with Crippen LogP contribution < -0.4 is 4.74 Å². The maximum atomic E-state index is 11.7. The molecule has 24 heavy (non-hydrogen) atoms. The van der Waals surface area contributed by atoms with Crippen molar-refractivity contribution in [2.24, 2.45) is 0 Å². The van der Waals surface area contributed by atoms with Crippen LogP contribution in [0.25, 0.3) is 0 Å². The maximum Gasteiger partial charge on any atom is 0.320 e. The average Bonchev–Trinajstić information content (AvgIpc) is 3.18. The lowest BCUT2D eigenvalue weighted by atomic mass is 9.99. The molecule has 4 nitrogen and oxygen atoms in total. The molecule has 0 aliphatic carbocycles. The monoisotopic (exact) mass is 365 g/mol. The second kappa shape index (κ2) is 7.13. The van der Waals surface area contributed by atoms with Gasteiger partial charge in [-0.05, 0) is 55.0 Å². The molecule has 128 valence electrons. The van der Waals surface area contributed by atoms with Crippen molar-refractivity contribution in [3.8, 4) is 5.75 Å². The van der Waals surface area contributed by atoms with Gasteiger partial charge in [0.2, 0.25) is 0 Å². The Morgan fingerprint density at radius 3 is 2.88 bits per heavy atom. The van der Waals surface area contributed by atoms with Crippen molar-refractivity contribution in [1.29, 1.82) is 0 Å². The van der Waals surface area contributed by atoms with E-state index in [1.807, 2.05) is 17.5 Å². The first-order valence-electron chi connectivity index (χ1n) is 7.89. The van der Waals surface area contributed by atoms with Gasteiger partial charge in [-0.25, -0.2) is 0 Å². The third-order valence-corrected chi connectivity index (χ3v) is 5.85. The molecule has 2 atom stereocenters. The molecule has 1 aliphatic rings. The van der Waals surface area contributed by atoms with Gasteiger partial charge in [-0.15, -0.1) is 11.3 Å². The largest absolute Gasteiger partial charge is 0.496 e. The lowest BCUT2D eigenvalue weighted by molar-refractivity contribution is -0.142. The molecular weight excluding hydrogens is 346 g/mol. The number of thiophene rings is 1. The lowest BCUT2D eigenvalue weighted by Crippen LogP contribution is -2.39. The van der Waals surface area contributed by atoms with Crippen LogP contribution in [-0.4, -0.2) is 35.7 Å². The van der Waals surface area contributed by atoms with Gasteiger partial charge in [-0.3, -0.25) is 9.69 Å². The fourth-order valence-electron chi connectivity index (χ4n) is 3.42. The summed E-state index contributed by atoms with van der Waals surface area (Å²) in [6.07, 6.45) is 1.54. The SMILES string of the molecule is COc1ccc(Cl)cc1C(c1sccc1C)N1CCCC1C(=O)O. The average molecular weight is 366 g/mol. The Labute approximate surface area is 150 Å². The molecule has 6 heteroatoms. The Bertz CT molecular complexity index is 746. The summed E-state index contributed by atoms with van der Waals surface area (Å²) >= 11 is 7.88. The molecule has 1 aromatic heterocycles. The lowest BCUT2D eigenvalue weighted by Gasteiger charge is -2.32. The zero-order chi connectivity index (χ0) is 17.3. The van der Waals surface area contributed by atoms with Crippen LogP contribution in [0.4, 0.5) is 0 Å². The summed E-state index contributed by atoms with van der Waals surface area (Å²) in [5, 5.41) is 12.3. The Morgan fingerprint density at radius 1 is 1.46 bits per heavy atom. The van der Waals surface area contributed by atoms with Gasteiger partial charge >= 0.3 is 5.97 Å². The predicted molar refractivity (Wildman–Crippen MR) is 96.3 cm³/mol. The molecule has 0 amide bonds. The highest BCUT2D eigenvalue weighted by atomic mass is 35.5. The molecule has 0 radical (unpaired) electrons. The first-order chi connectivity index (χ1) is 11.5. The van der Waals surface area contributed by atoms with Crippen LogP contribution in [0, 0.1) is 6.92 Å². The van der Waals surface area contributed by atoms with E-state index in [0.717, 1.165) is 34.7 Å². The maximum absolute atomic E-state index is 11.7. The number of carboxylic acids is 1. The Kier molecular flexibility index (Phi) is 5.13. The first-order valence-corrected chi connectivity index (χ1v) is 9.14. The molecule has 3 rings (SSSR count). The van der Waals surface area contributed by atoms with E-state index in [0.29, 0.717) is 11.4 Å². The molecule has 1 fully saturated rings. The number of carboxylic acid groups (broad SMARTS) is 1. The molecule has 0 bridgehead atoms. The number of aliphatic carboxylic acids is 1. The summed E-state index contributed by atoms with van der Waals surface area (Å²) in [7, 11) is 1.63. The first kappa shape index (κ1) is 17.3. The summed E-state index contributed by atoms with van der Waals surface area (Å²) < 4.78 is 5.55. The van der Waals surface area contributed by atoms with E-state index in [2.05, 4.69) is 17.9 Å². The molecule has 1 N–H and O–H groups in total. The van der Waals surface area contributed by atoms with Crippen LogP contribution in [0.15, 0.2) is 29.6 Å². The van der Waals surface area contributed by atoms with E-state index < -0.39 is 12.0 Å². The van der Waals surface area contributed by atoms with Gasteiger partial charge in [0.05, 0.1) is 13.2 Å². The number of benzene rings is 1. The second-order valence-electron chi connectivity index (χ2n) is 5.99. The molecule has 1 aromatic carbocycles. The van der Waals surface area contributed by atoms with E-state index in [9.17, 15) is 9.90 Å². The van der Waals surface area contributed by atoms with E-state index in [1.165, 1.54) is 0 Å². The van der Waals surface area contributed by atoms with Crippen molar-refractivity contribution in [3.63, 3.8) is 0 Å².